The van der Waals surface area contributed by atoms with Gasteiger partial charge in [-0.05, 0) is 20.3 Å². The van der Waals surface area contributed by atoms with Crippen LogP contribution in [0, 0.1) is 0 Å². The fourth-order valence-electron chi connectivity index (χ4n) is 1.89. The first-order valence-electron chi connectivity index (χ1n) is 6.23. The Labute approximate surface area is 112 Å². The standard InChI is InChI=1S/C12H22N2O3S/c1-12(2,4-3-11(16)17)14-10(15)7-9-8-18-6-5-13-9/h9,13H,3-8H2,1-2H3,(H,14,15)(H,16,17). The predicted octanol–water partition coefficient (Wildman–Crippen LogP) is 0.841. The van der Waals surface area contributed by atoms with Crippen molar-refractivity contribution in [3.05, 3.63) is 0 Å². The maximum absolute atomic E-state index is 11.9. The van der Waals surface area contributed by atoms with Gasteiger partial charge in [0.2, 0.25) is 5.91 Å². The highest BCUT2D eigenvalue weighted by Gasteiger charge is 2.23. The van der Waals surface area contributed by atoms with Crippen LogP contribution in [0.1, 0.15) is 33.1 Å². The van der Waals surface area contributed by atoms with E-state index in [9.17, 15) is 9.59 Å². The quantitative estimate of drug-likeness (QED) is 0.669. The zero-order valence-electron chi connectivity index (χ0n) is 11.0. The van der Waals surface area contributed by atoms with Crippen molar-refractivity contribution in [2.24, 2.45) is 0 Å². The van der Waals surface area contributed by atoms with E-state index in [-0.39, 0.29) is 18.4 Å². The monoisotopic (exact) mass is 274 g/mol. The Morgan fingerprint density at radius 3 is 2.78 bits per heavy atom. The van der Waals surface area contributed by atoms with Gasteiger partial charge in [0.25, 0.3) is 0 Å². The largest absolute Gasteiger partial charge is 0.481 e. The predicted molar refractivity (Wildman–Crippen MR) is 72.8 cm³/mol. The van der Waals surface area contributed by atoms with Crippen molar-refractivity contribution in [3.8, 4) is 0 Å². The van der Waals surface area contributed by atoms with E-state index in [0.717, 1.165) is 18.1 Å². The molecule has 0 aliphatic carbocycles. The van der Waals surface area contributed by atoms with Crippen LogP contribution >= 0.6 is 11.8 Å². The van der Waals surface area contributed by atoms with Crippen molar-refractivity contribution < 1.29 is 14.7 Å². The number of hydrogen-bond donors (Lipinski definition) is 3. The van der Waals surface area contributed by atoms with Gasteiger partial charge in [0, 0.05) is 42.5 Å². The number of aliphatic carboxylic acids is 1. The molecule has 3 N–H and O–H groups in total. The van der Waals surface area contributed by atoms with Crippen LogP contribution < -0.4 is 10.6 Å². The topological polar surface area (TPSA) is 78.4 Å². The van der Waals surface area contributed by atoms with E-state index < -0.39 is 11.5 Å². The summed E-state index contributed by atoms with van der Waals surface area (Å²) in [5, 5.41) is 14.9. The molecule has 0 radical (unpaired) electrons. The lowest BCUT2D eigenvalue weighted by molar-refractivity contribution is -0.137. The van der Waals surface area contributed by atoms with Crippen LogP contribution in [-0.2, 0) is 9.59 Å². The third-order valence-corrected chi connectivity index (χ3v) is 4.00. The molecule has 1 unspecified atom stereocenters. The van der Waals surface area contributed by atoms with Crippen LogP contribution in [0.25, 0.3) is 0 Å². The minimum absolute atomic E-state index is 0.00890. The number of amides is 1. The number of thioether (sulfide) groups is 1. The molecule has 1 fully saturated rings. The van der Waals surface area contributed by atoms with Crippen LogP contribution in [0.4, 0.5) is 0 Å². The van der Waals surface area contributed by atoms with Crippen LogP contribution in [0.5, 0.6) is 0 Å². The summed E-state index contributed by atoms with van der Waals surface area (Å²) in [4.78, 5) is 22.4. The number of rotatable bonds is 6. The average molecular weight is 274 g/mol. The Hall–Kier alpha value is -0.750. The lowest BCUT2D eigenvalue weighted by Crippen LogP contribution is -2.47. The molecule has 6 heteroatoms. The Morgan fingerprint density at radius 2 is 2.22 bits per heavy atom. The van der Waals surface area contributed by atoms with Gasteiger partial charge >= 0.3 is 5.97 Å². The molecule has 1 aliphatic rings. The first kappa shape index (κ1) is 15.3. The smallest absolute Gasteiger partial charge is 0.303 e. The van der Waals surface area contributed by atoms with E-state index in [4.69, 9.17) is 5.11 Å². The molecule has 0 saturated carbocycles. The van der Waals surface area contributed by atoms with Crippen molar-refractivity contribution in [1.82, 2.24) is 10.6 Å². The second-order valence-corrected chi connectivity index (χ2v) is 6.41. The zero-order chi connectivity index (χ0) is 13.6. The number of nitrogens with one attached hydrogen (secondary N) is 2. The molecule has 0 spiro atoms. The summed E-state index contributed by atoms with van der Waals surface area (Å²) in [6.07, 6.45) is 0.981. The van der Waals surface area contributed by atoms with Gasteiger partial charge in [-0.2, -0.15) is 11.8 Å². The van der Waals surface area contributed by atoms with Crippen LogP contribution in [0.3, 0.4) is 0 Å². The highest BCUT2D eigenvalue weighted by Crippen LogP contribution is 2.14. The molecule has 0 aromatic heterocycles. The Bertz CT molecular complexity index is 302. The van der Waals surface area contributed by atoms with E-state index in [2.05, 4.69) is 10.6 Å². The molecule has 0 bridgehead atoms. The lowest BCUT2D eigenvalue weighted by atomic mass is 9.98. The van der Waals surface area contributed by atoms with Crippen LogP contribution in [0.15, 0.2) is 0 Å². The normalized spacial score (nSPS) is 20.4. The van der Waals surface area contributed by atoms with E-state index >= 15 is 0 Å². The van der Waals surface area contributed by atoms with Gasteiger partial charge in [0.05, 0.1) is 0 Å². The fourth-order valence-corrected chi connectivity index (χ4v) is 2.83. The number of carbonyl (C=O) groups is 2. The van der Waals surface area contributed by atoms with E-state index in [1.165, 1.54) is 0 Å². The van der Waals surface area contributed by atoms with Gasteiger partial charge in [-0.1, -0.05) is 0 Å². The maximum atomic E-state index is 11.9. The first-order valence-corrected chi connectivity index (χ1v) is 7.38. The second kappa shape index (κ2) is 6.99. The lowest BCUT2D eigenvalue weighted by Gasteiger charge is -2.28. The van der Waals surface area contributed by atoms with E-state index in [1.807, 2.05) is 25.6 Å². The Kier molecular flexibility index (Phi) is 5.95. The molecule has 1 amide bonds. The summed E-state index contributed by atoms with van der Waals surface area (Å²) in [6.45, 7) is 4.67. The maximum Gasteiger partial charge on any atom is 0.303 e. The van der Waals surface area contributed by atoms with Crippen molar-refractivity contribution in [2.75, 3.05) is 18.1 Å². The molecule has 104 valence electrons. The highest BCUT2D eigenvalue weighted by atomic mass is 32.2. The van der Waals surface area contributed by atoms with Gasteiger partial charge < -0.3 is 15.7 Å². The van der Waals surface area contributed by atoms with Crippen LogP contribution in [-0.4, -0.2) is 46.6 Å². The molecular weight excluding hydrogens is 252 g/mol. The van der Waals surface area contributed by atoms with Crippen LogP contribution in [0.2, 0.25) is 0 Å². The van der Waals surface area contributed by atoms with E-state index in [0.29, 0.717) is 12.8 Å². The fraction of sp³-hybridized carbons (Fsp3) is 0.833. The molecular formula is C12H22N2O3S. The number of carboxylic acid groups (broad SMARTS) is 1. The van der Waals surface area contributed by atoms with Gasteiger partial charge in [-0.15, -0.1) is 0 Å². The number of carbonyl (C=O) groups excluding carboxylic acids is 1. The molecule has 1 rings (SSSR count). The van der Waals surface area contributed by atoms with E-state index in [1.54, 1.807) is 0 Å². The van der Waals surface area contributed by atoms with Crippen molar-refractivity contribution in [1.29, 1.82) is 0 Å². The molecule has 1 aliphatic heterocycles. The van der Waals surface area contributed by atoms with Gasteiger partial charge in [0.1, 0.15) is 0 Å². The minimum atomic E-state index is -0.831. The zero-order valence-corrected chi connectivity index (χ0v) is 11.8. The third-order valence-electron chi connectivity index (χ3n) is 2.87. The summed E-state index contributed by atoms with van der Waals surface area (Å²) >= 11 is 1.86. The summed E-state index contributed by atoms with van der Waals surface area (Å²) < 4.78 is 0. The summed E-state index contributed by atoms with van der Waals surface area (Å²) in [5.41, 5.74) is -0.461. The molecule has 1 heterocycles. The average Bonchev–Trinajstić information content (AvgIpc) is 2.27. The summed E-state index contributed by atoms with van der Waals surface area (Å²) in [6, 6.07) is 0.235. The second-order valence-electron chi connectivity index (χ2n) is 5.26. The number of carboxylic acids is 1. The molecule has 0 aromatic rings. The van der Waals surface area contributed by atoms with Gasteiger partial charge in [-0.25, -0.2) is 0 Å². The van der Waals surface area contributed by atoms with Crippen molar-refractivity contribution in [2.45, 2.75) is 44.7 Å². The molecule has 1 atom stereocenters. The SMILES string of the molecule is CC(C)(CCC(=O)O)NC(=O)CC1CSCCN1. The Morgan fingerprint density at radius 1 is 1.50 bits per heavy atom. The summed E-state index contributed by atoms with van der Waals surface area (Å²) in [5.74, 6) is 1.22. The molecule has 0 aromatic carbocycles. The minimum Gasteiger partial charge on any atom is -0.481 e. The molecule has 18 heavy (non-hydrogen) atoms. The Balaban J connectivity index is 2.30. The molecule has 5 nitrogen and oxygen atoms in total. The third kappa shape index (κ3) is 6.26. The number of hydrogen-bond acceptors (Lipinski definition) is 4. The highest BCUT2D eigenvalue weighted by molar-refractivity contribution is 7.99. The molecule has 1 saturated heterocycles. The first-order chi connectivity index (χ1) is 8.39. The van der Waals surface area contributed by atoms with Gasteiger partial charge in [0.15, 0.2) is 0 Å². The van der Waals surface area contributed by atoms with Gasteiger partial charge in [-0.3, -0.25) is 9.59 Å². The van der Waals surface area contributed by atoms with Crippen molar-refractivity contribution >= 4 is 23.6 Å². The van der Waals surface area contributed by atoms with Crippen molar-refractivity contribution in [3.63, 3.8) is 0 Å². The summed E-state index contributed by atoms with van der Waals surface area (Å²) in [7, 11) is 0.